The van der Waals surface area contributed by atoms with Crippen molar-refractivity contribution in [1.29, 1.82) is 0 Å². The number of nitrogens with zero attached hydrogens (tertiary/aromatic N) is 1. The summed E-state index contributed by atoms with van der Waals surface area (Å²) in [7, 11) is 0. The number of benzene rings is 2. The third kappa shape index (κ3) is 3.21. The molecule has 0 bridgehead atoms. The van der Waals surface area contributed by atoms with Gasteiger partial charge in [-0.3, -0.25) is 14.5 Å². The number of primary amides is 1. The first kappa shape index (κ1) is 19.3. The van der Waals surface area contributed by atoms with Gasteiger partial charge in [0.05, 0.1) is 29.3 Å². The van der Waals surface area contributed by atoms with Gasteiger partial charge in [-0.25, -0.2) is 4.79 Å². The van der Waals surface area contributed by atoms with Crippen LogP contribution in [0.15, 0.2) is 36.4 Å². The Bertz CT molecular complexity index is 1020. The van der Waals surface area contributed by atoms with Crippen molar-refractivity contribution in [3.8, 4) is 0 Å². The lowest BCUT2D eigenvalue weighted by atomic mass is 9.71. The van der Waals surface area contributed by atoms with Crippen LogP contribution in [-0.2, 0) is 19.7 Å². The van der Waals surface area contributed by atoms with Gasteiger partial charge < -0.3 is 15.8 Å². The smallest absolute Gasteiger partial charge is 0.414 e. The molecule has 8 heteroatoms. The van der Waals surface area contributed by atoms with Crippen LogP contribution in [0.3, 0.4) is 0 Å². The van der Waals surface area contributed by atoms with Gasteiger partial charge in [0.15, 0.2) is 0 Å². The van der Waals surface area contributed by atoms with Crippen LogP contribution >= 0.6 is 11.6 Å². The van der Waals surface area contributed by atoms with E-state index in [-0.39, 0.29) is 11.6 Å². The molecule has 2 aliphatic heterocycles. The first-order valence-electron chi connectivity index (χ1n) is 9.16. The fraction of sp³-hybridized carbons (Fsp3) is 0.286. The second-order valence-corrected chi connectivity index (χ2v) is 7.87. The van der Waals surface area contributed by atoms with E-state index in [1.165, 1.54) is 6.07 Å². The Morgan fingerprint density at radius 1 is 1.38 bits per heavy atom. The van der Waals surface area contributed by atoms with Crippen molar-refractivity contribution in [2.24, 2.45) is 5.73 Å². The number of hydrogen-bond acceptors (Lipinski definition) is 5. The van der Waals surface area contributed by atoms with Crippen molar-refractivity contribution in [3.05, 3.63) is 58.1 Å². The fourth-order valence-corrected chi connectivity index (χ4v) is 4.21. The monoisotopic (exact) mass is 412 g/mol. The number of hydrogen-bond donors (Lipinski definition) is 2. The highest BCUT2D eigenvalue weighted by atomic mass is 35.5. The van der Waals surface area contributed by atoms with E-state index >= 15 is 0 Å². The number of nitrogens with one attached hydrogen (secondary N) is 1. The number of nitrogens with two attached hydrogens (primary N) is 1. The molecule has 2 aromatic carbocycles. The lowest BCUT2D eigenvalue weighted by Crippen LogP contribution is -2.44. The van der Waals surface area contributed by atoms with Crippen LogP contribution in [-0.4, -0.2) is 31.4 Å². The van der Waals surface area contributed by atoms with Crippen molar-refractivity contribution >= 4 is 41.3 Å². The average Bonchev–Trinajstić information content (AvgIpc) is 3.13. The van der Waals surface area contributed by atoms with Crippen LogP contribution in [0.1, 0.15) is 36.1 Å². The van der Waals surface area contributed by atoms with Crippen LogP contribution in [0.5, 0.6) is 0 Å². The maximum absolute atomic E-state index is 12.4. The molecule has 1 radical (unpaired) electrons. The van der Waals surface area contributed by atoms with Crippen LogP contribution in [0.25, 0.3) is 0 Å². The maximum Gasteiger partial charge on any atom is 0.414 e. The van der Waals surface area contributed by atoms with Gasteiger partial charge >= 0.3 is 6.09 Å². The van der Waals surface area contributed by atoms with Crippen LogP contribution in [0.4, 0.5) is 16.2 Å². The number of amides is 2. The van der Waals surface area contributed by atoms with Gasteiger partial charge in [0.25, 0.3) is 0 Å². The van der Waals surface area contributed by atoms with Gasteiger partial charge in [0.2, 0.25) is 12.2 Å². The molecule has 2 amide bonds. The molecule has 0 aromatic heterocycles. The molecule has 1 saturated heterocycles. The zero-order valence-electron chi connectivity index (χ0n) is 15.7. The van der Waals surface area contributed by atoms with Crippen molar-refractivity contribution < 1.29 is 19.1 Å². The van der Waals surface area contributed by atoms with E-state index in [4.69, 9.17) is 22.1 Å². The Balaban J connectivity index is 1.79. The largest absolute Gasteiger partial charge is 0.447 e. The zero-order valence-corrected chi connectivity index (χ0v) is 16.5. The summed E-state index contributed by atoms with van der Waals surface area (Å²) < 4.78 is 5.01. The molecule has 149 valence electrons. The molecule has 1 fully saturated rings. The molecule has 7 nitrogen and oxygen atoms in total. The minimum absolute atomic E-state index is 0.240. The molecule has 29 heavy (non-hydrogen) atoms. The Hall–Kier alpha value is -3.06. The highest BCUT2D eigenvalue weighted by Crippen LogP contribution is 2.46. The number of halogens is 1. The van der Waals surface area contributed by atoms with Crippen LogP contribution < -0.4 is 16.0 Å². The summed E-state index contributed by atoms with van der Waals surface area (Å²) in [5.74, 6) is -0.511. The summed E-state index contributed by atoms with van der Waals surface area (Å²) in [5, 5.41) is 3.67. The van der Waals surface area contributed by atoms with Crippen molar-refractivity contribution in [2.45, 2.75) is 24.8 Å². The average molecular weight is 413 g/mol. The summed E-state index contributed by atoms with van der Waals surface area (Å²) >= 11 is 6.15. The second-order valence-electron chi connectivity index (χ2n) is 7.44. The summed E-state index contributed by atoms with van der Waals surface area (Å²) in [6, 6.07) is 10.3. The Labute approximate surface area is 172 Å². The van der Waals surface area contributed by atoms with E-state index < -0.39 is 17.4 Å². The number of rotatable bonds is 4. The molecule has 2 aliphatic rings. The molecule has 2 unspecified atom stereocenters. The van der Waals surface area contributed by atoms with Crippen molar-refractivity contribution in [3.63, 3.8) is 0 Å². The minimum Gasteiger partial charge on any atom is -0.447 e. The van der Waals surface area contributed by atoms with Gasteiger partial charge in [-0.2, -0.15) is 0 Å². The number of cyclic esters (lactones) is 1. The molecule has 0 spiro atoms. The number of carbonyl (C=O) groups is 2. The molecular formula is C21H19ClN3O4. The molecule has 2 heterocycles. The SMILES string of the molecule is CC1(C(N)=O)CC(c2cccc(N3CCOC3=O)c2)Nc2c([C]=O)cc(Cl)cc21. The number of fused-ring (bicyclic) bond motifs is 1. The number of carbonyl (C=O) groups excluding carboxylic acids is 3. The normalized spacial score (nSPS) is 23.2. The van der Waals surface area contributed by atoms with E-state index in [0.29, 0.717) is 41.5 Å². The van der Waals surface area contributed by atoms with Gasteiger partial charge in [-0.1, -0.05) is 23.7 Å². The van der Waals surface area contributed by atoms with Gasteiger partial charge in [0.1, 0.15) is 6.61 Å². The van der Waals surface area contributed by atoms with E-state index in [9.17, 15) is 14.4 Å². The minimum atomic E-state index is -1.04. The van der Waals surface area contributed by atoms with Gasteiger partial charge in [-0.15, -0.1) is 0 Å². The molecular weight excluding hydrogens is 394 g/mol. The predicted molar refractivity (Wildman–Crippen MR) is 109 cm³/mol. The number of anilines is 2. The standard InChI is InChI=1S/C21H19ClN3O4/c1-21(19(23)27)10-17(24-18-13(11-26)7-14(22)9-16(18)21)12-3-2-4-15(8-12)25-5-6-29-20(25)28/h2-4,7-9,17,24H,5-6,10H2,1H3,(H2,23,27). The van der Waals surface area contributed by atoms with Crippen molar-refractivity contribution in [2.75, 3.05) is 23.4 Å². The van der Waals surface area contributed by atoms with Crippen LogP contribution in [0.2, 0.25) is 5.02 Å². The lowest BCUT2D eigenvalue weighted by Gasteiger charge is -2.40. The third-order valence-corrected chi connectivity index (χ3v) is 5.85. The van der Waals surface area contributed by atoms with Crippen LogP contribution in [0, 0.1) is 0 Å². The first-order valence-corrected chi connectivity index (χ1v) is 9.54. The topological polar surface area (TPSA) is 102 Å². The van der Waals surface area contributed by atoms with E-state index in [2.05, 4.69) is 5.32 Å². The molecule has 2 aromatic rings. The summed E-state index contributed by atoms with van der Waals surface area (Å²) in [6.07, 6.45) is 1.86. The number of ether oxygens (including phenoxy) is 1. The highest BCUT2D eigenvalue weighted by molar-refractivity contribution is 6.31. The summed E-state index contributed by atoms with van der Waals surface area (Å²) in [4.78, 5) is 37.4. The van der Waals surface area contributed by atoms with E-state index in [1.54, 1.807) is 17.9 Å². The lowest BCUT2D eigenvalue weighted by molar-refractivity contribution is -0.123. The zero-order chi connectivity index (χ0) is 20.8. The third-order valence-electron chi connectivity index (χ3n) is 5.63. The quantitative estimate of drug-likeness (QED) is 0.803. The fourth-order valence-electron chi connectivity index (χ4n) is 3.99. The Kier molecular flexibility index (Phi) is 4.70. The molecule has 0 saturated carbocycles. The molecule has 3 N–H and O–H groups in total. The Morgan fingerprint density at radius 2 is 2.17 bits per heavy atom. The summed E-state index contributed by atoms with van der Waals surface area (Å²) in [6.45, 7) is 2.57. The maximum atomic E-state index is 12.4. The van der Waals surface area contributed by atoms with Crippen molar-refractivity contribution in [1.82, 2.24) is 0 Å². The van der Waals surface area contributed by atoms with Gasteiger partial charge in [-0.05, 0) is 48.7 Å². The van der Waals surface area contributed by atoms with Gasteiger partial charge in [0, 0.05) is 10.7 Å². The summed E-state index contributed by atoms with van der Waals surface area (Å²) in [5.41, 5.74) is 7.60. The predicted octanol–water partition coefficient (Wildman–Crippen LogP) is 3.05. The molecule has 4 rings (SSSR count). The molecule has 0 aliphatic carbocycles. The Morgan fingerprint density at radius 3 is 2.83 bits per heavy atom. The first-order chi connectivity index (χ1) is 13.8. The molecule has 2 atom stereocenters. The second kappa shape index (κ2) is 7.08. The highest BCUT2D eigenvalue weighted by Gasteiger charge is 2.43. The van der Waals surface area contributed by atoms with E-state index in [0.717, 1.165) is 5.56 Å². The van der Waals surface area contributed by atoms with E-state index in [1.807, 2.05) is 30.6 Å².